The first-order valence-electron chi connectivity index (χ1n) is 12.4. The first-order chi connectivity index (χ1) is 16.2. The van der Waals surface area contributed by atoms with Crippen molar-refractivity contribution in [3.05, 3.63) is 71.3 Å². The van der Waals surface area contributed by atoms with Crippen molar-refractivity contribution in [2.75, 3.05) is 26.2 Å². The van der Waals surface area contributed by atoms with Crippen LogP contribution in [0.1, 0.15) is 49.3 Å². The molecule has 0 saturated carbocycles. The maximum absolute atomic E-state index is 11.9. The van der Waals surface area contributed by atoms with Crippen LogP contribution in [0.25, 0.3) is 0 Å². The maximum atomic E-state index is 11.9. The van der Waals surface area contributed by atoms with E-state index in [9.17, 15) is 4.79 Å². The molecule has 0 aromatic heterocycles. The second-order valence-corrected chi connectivity index (χ2v) is 9.07. The van der Waals surface area contributed by atoms with E-state index in [2.05, 4.69) is 77.1 Å². The highest BCUT2D eigenvalue weighted by molar-refractivity contribution is 5.79. The van der Waals surface area contributed by atoms with E-state index in [4.69, 9.17) is 4.99 Å². The predicted octanol–water partition coefficient (Wildman–Crippen LogP) is 3.53. The molecule has 0 aliphatic carbocycles. The molecular weight excluding hydrogens is 410 g/mol. The number of carbonyl (C=O) groups excluding carboxylic acids is 1. The molecule has 2 aliphatic rings. The molecule has 33 heavy (non-hydrogen) atoms. The van der Waals surface area contributed by atoms with Crippen molar-refractivity contribution in [1.82, 2.24) is 20.4 Å². The minimum atomic E-state index is 0.269. The molecule has 2 aromatic carbocycles. The zero-order chi connectivity index (χ0) is 22.9. The maximum Gasteiger partial charge on any atom is 0.222 e. The van der Waals surface area contributed by atoms with Gasteiger partial charge in [0.2, 0.25) is 5.91 Å². The first-order valence-corrected chi connectivity index (χ1v) is 12.4. The summed E-state index contributed by atoms with van der Waals surface area (Å²) in [5.74, 6) is 1.13. The first kappa shape index (κ1) is 23.3. The fourth-order valence-electron chi connectivity index (χ4n) is 4.80. The highest BCUT2D eigenvalue weighted by Crippen LogP contribution is 2.19. The average molecular weight is 448 g/mol. The number of hydrogen-bond acceptors (Lipinski definition) is 3. The number of likely N-dealkylation sites (tertiary alicyclic amines) is 2. The molecule has 0 bridgehead atoms. The summed E-state index contributed by atoms with van der Waals surface area (Å²) in [7, 11) is 0. The third-order valence-electron chi connectivity index (χ3n) is 6.53. The molecule has 4 rings (SSSR count). The van der Waals surface area contributed by atoms with Crippen molar-refractivity contribution in [3.63, 3.8) is 0 Å². The molecule has 2 N–H and O–H groups in total. The van der Waals surface area contributed by atoms with Gasteiger partial charge in [0.1, 0.15) is 0 Å². The summed E-state index contributed by atoms with van der Waals surface area (Å²) >= 11 is 0. The van der Waals surface area contributed by atoms with Crippen molar-refractivity contribution >= 4 is 11.9 Å². The van der Waals surface area contributed by atoms with E-state index < -0.39 is 0 Å². The zero-order valence-corrected chi connectivity index (χ0v) is 19.8. The third-order valence-corrected chi connectivity index (χ3v) is 6.53. The van der Waals surface area contributed by atoms with Gasteiger partial charge in [0.25, 0.3) is 0 Å². The van der Waals surface area contributed by atoms with E-state index in [0.29, 0.717) is 25.6 Å². The molecule has 1 atom stereocenters. The molecule has 2 aliphatic heterocycles. The Balaban J connectivity index is 1.32. The van der Waals surface area contributed by atoms with Crippen LogP contribution in [0.15, 0.2) is 59.6 Å². The molecule has 2 heterocycles. The largest absolute Gasteiger partial charge is 0.357 e. The summed E-state index contributed by atoms with van der Waals surface area (Å²) in [6, 6.07) is 19.7. The van der Waals surface area contributed by atoms with Crippen molar-refractivity contribution < 1.29 is 4.79 Å². The minimum Gasteiger partial charge on any atom is -0.357 e. The van der Waals surface area contributed by atoms with Crippen LogP contribution < -0.4 is 10.6 Å². The van der Waals surface area contributed by atoms with Crippen LogP contribution in [0.4, 0.5) is 0 Å². The topological polar surface area (TPSA) is 60.0 Å². The molecule has 6 heteroatoms. The fourth-order valence-corrected chi connectivity index (χ4v) is 4.80. The van der Waals surface area contributed by atoms with Crippen molar-refractivity contribution in [3.8, 4) is 0 Å². The van der Waals surface area contributed by atoms with E-state index in [-0.39, 0.29) is 5.91 Å². The summed E-state index contributed by atoms with van der Waals surface area (Å²) in [5, 5.41) is 6.96. The average Bonchev–Trinajstić information content (AvgIpc) is 3.45. The molecule has 0 radical (unpaired) electrons. The number of hydrogen-bond donors (Lipinski definition) is 2. The van der Waals surface area contributed by atoms with Crippen LogP contribution in [0.5, 0.6) is 0 Å². The number of amides is 1. The lowest BCUT2D eigenvalue weighted by Crippen LogP contribution is -2.44. The predicted molar refractivity (Wildman–Crippen MR) is 134 cm³/mol. The van der Waals surface area contributed by atoms with Crippen LogP contribution in [-0.4, -0.2) is 53.9 Å². The highest BCUT2D eigenvalue weighted by Gasteiger charge is 2.24. The van der Waals surface area contributed by atoms with E-state index in [1.54, 1.807) is 0 Å². The van der Waals surface area contributed by atoms with Gasteiger partial charge in [-0.25, -0.2) is 4.99 Å². The second-order valence-electron chi connectivity index (χ2n) is 9.07. The quantitative estimate of drug-likeness (QED) is 0.456. The van der Waals surface area contributed by atoms with Gasteiger partial charge in [-0.15, -0.1) is 0 Å². The molecule has 176 valence electrons. The Kier molecular flexibility index (Phi) is 8.36. The van der Waals surface area contributed by atoms with E-state index in [1.807, 2.05) is 4.90 Å². The summed E-state index contributed by atoms with van der Waals surface area (Å²) in [6.45, 7) is 8.19. The molecule has 2 fully saturated rings. The van der Waals surface area contributed by atoms with Crippen LogP contribution in [0.2, 0.25) is 0 Å². The van der Waals surface area contributed by atoms with Gasteiger partial charge in [0.05, 0.1) is 6.54 Å². The third kappa shape index (κ3) is 6.81. The number of aliphatic imine (C=N–C) groups is 1. The standard InChI is InChI=1S/C27H37N5O/c1-2-28-27(30-19-25-13-7-15-31(25)20-22-9-4-3-5-10-22)29-18-23-11-6-12-24(17-23)21-32-16-8-14-26(32)33/h3-6,9-12,17,25H,2,7-8,13-16,18-21H2,1H3,(H2,28,29,30). The van der Waals surface area contributed by atoms with Gasteiger partial charge in [-0.3, -0.25) is 9.69 Å². The Labute approximate surface area is 198 Å². The molecule has 2 saturated heterocycles. The lowest BCUT2D eigenvalue weighted by Gasteiger charge is -2.25. The Morgan fingerprint density at radius 2 is 1.79 bits per heavy atom. The van der Waals surface area contributed by atoms with Gasteiger partial charge < -0.3 is 15.5 Å². The molecule has 0 spiro atoms. The molecular formula is C27H37N5O. The van der Waals surface area contributed by atoms with Gasteiger partial charge in [-0.1, -0.05) is 54.6 Å². The fraction of sp³-hybridized carbons (Fsp3) is 0.481. The van der Waals surface area contributed by atoms with Crippen molar-refractivity contribution in [1.29, 1.82) is 0 Å². The summed E-state index contributed by atoms with van der Waals surface area (Å²) in [6.07, 6.45) is 4.13. The Bertz CT molecular complexity index is 929. The van der Waals surface area contributed by atoms with Gasteiger partial charge in [-0.2, -0.15) is 0 Å². The zero-order valence-electron chi connectivity index (χ0n) is 19.8. The van der Waals surface area contributed by atoms with Crippen LogP contribution in [0, 0.1) is 0 Å². The molecule has 2 aromatic rings. The van der Waals surface area contributed by atoms with Crippen molar-refractivity contribution in [2.45, 2.75) is 58.3 Å². The van der Waals surface area contributed by atoms with Gasteiger partial charge in [0, 0.05) is 45.2 Å². The Morgan fingerprint density at radius 1 is 0.970 bits per heavy atom. The Hall–Kier alpha value is -2.86. The summed E-state index contributed by atoms with van der Waals surface area (Å²) in [4.78, 5) is 21.3. The van der Waals surface area contributed by atoms with Crippen LogP contribution in [0.3, 0.4) is 0 Å². The monoisotopic (exact) mass is 447 g/mol. The lowest BCUT2D eigenvalue weighted by molar-refractivity contribution is -0.128. The van der Waals surface area contributed by atoms with Crippen molar-refractivity contribution in [2.24, 2.45) is 4.99 Å². The normalized spacial score (nSPS) is 19.3. The number of rotatable bonds is 9. The SMILES string of the molecule is CCNC(=NCc1cccc(CN2CCCC2=O)c1)NCC1CCCN1Cc1ccccc1. The number of benzene rings is 2. The minimum absolute atomic E-state index is 0.269. The number of nitrogens with zero attached hydrogens (tertiary/aromatic N) is 3. The molecule has 1 amide bonds. The molecule has 1 unspecified atom stereocenters. The molecule has 6 nitrogen and oxygen atoms in total. The van der Waals surface area contributed by atoms with Gasteiger partial charge in [-0.05, 0) is 49.4 Å². The number of carbonyl (C=O) groups is 1. The Morgan fingerprint density at radius 3 is 2.58 bits per heavy atom. The van der Waals surface area contributed by atoms with Gasteiger partial charge in [0.15, 0.2) is 5.96 Å². The second kappa shape index (κ2) is 11.8. The summed E-state index contributed by atoms with van der Waals surface area (Å²) in [5.41, 5.74) is 3.72. The number of guanidine groups is 1. The van der Waals surface area contributed by atoms with E-state index in [1.165, 1.54) is 29.5 Å². The lowest BCUT2D eigenvalue weighted by atomic mass is 10.1. The highest BCUT2D eigenvalue weighted by atomic mass is 16.2. The van der Waals surface area contributed by atoms with Gasteiger partial charge >= 0.3 is 0 Å². The summed E-state index contributed by atoms with van der Waals surface area (Å²) < 4.78 is 0. The smallest absolute Gasteiger partial charge is 0.222 e. The van der Waals surface area contributed by atoms with Crippen LogP contribution in [-0.2, 0) is 24.4 Å². The van der Waals surface area contributed by atoms with E-state index >= 15 is 0 Å². The number of nitrogens with one attached hydrogen (secondary N) is 2. The van der Waals surface area contributed by atoms with Crippen LogP contribution >= 0.6 is 0 Å². The van der Waals surface area contributed by atoms with E-state index in [0.717, 1.165) is 45.1 Å².